The van der Waals surface area contributed by atoms with Crippen LogP contribution in [0.4, 0.5) is 8.78 Å². The van der Waals surface area contributed by atoms with E-state index in [1.165, 1.54) is 24.3 Å². The zero-order chi connectivity index (χ0) is 12.8. The summed E-state index contributed by atoms with van der Waals surface area (Å²) in [4.78, 5) is 22.1. The zero-order valence-corrected chi connectivity index (χ0v) is 8.98. The number of Topliss-reactive ketones (excluding diaryl/α,β-unsaturated/α-hetero) is 1. The number of alkyl halides is 2. The molecule has 0 unspecified atom stereocenters. The van der Waals surface area contributed by atoms with Gasteiger partial charge in [-0.2, -0.15) is 8.78 Å². The molecule has 1 aromatic carbocycles. The Hall–Kier alpha value is -1.98. The van der Waals surface area contributed by atoms with E-state index in [-0.39, 0.29) is 11.3 Å². The lowest BCUT2D eigenvalue weighted by molar-refractivity contribution is -0.139. The molecule has 0 aliphatic rings. The number of hydrogen-bond donors (Lipinski definition) is 0. The summed E-state index contributed by atoms with van der Waals surface area (Å²) in [5.41, 5.74) is -0.0472. The Balaban J connectivity index is 2.81. The monoisotopic (exact) mass is 244 g/mol. The molecule has 0 heterocycles. The molecule has 17 heavy (non-hydrogen) atoms. The van der Waals surface area contributed by atoms with Gasteiger partial charge in [0.05, 0.1) is 5.56 Å². The van der Waals surface area contributed by atoms with Gasteiger partial charge in [0.2, 0.25) is 5.78 Å². The number of hydrogen-bond acceptors (Lipinski definition) is 4. The molecule has 0 saturated carbocycles. The Labute approximate surface area is 96.1 Å². The van der Waals surface area contributed by atoms with Gasteiger partial charge in [-0.05, 0) is 12.1 Å². The third kappa shape index (κ3) is 4.18. The van der Waals surface area contributed by atoms with Crippen LogP contribution in [0.5, 0.6) is 5.75 Å². The first-order chi connectivity index (χ1) is 8.00. The minimum absolute atomic E-state index is 0.0472. The normalized spacial score (nSPS) is 10.1. The Morgan fingerprint density at radius 1 is 1.29 bits per heavy atom. The van der Waals surface area contributed by atoms with Gasteiger partial charge in [-0.3, -0.25) is 9.59 Å². The molecule has 0 bridgehead atoms. The molecule has 6 heteroatoms. The highest BCUT2D eigenvalue weighted by Gasteiger charge is 2.15. The first-order valence-electron chi connectivity index (χ1n) is 4.71. The topological polar surface area (TPSA) is 52.6 Å². The second-order valence-corrected chi connectivity index (χ2v) is 3.08. The van der Waals surface area contributed by atoms with E-state index in [0.717, 1.165) is 6.92 Å². The van der Waals surface area contributed by atoms with Crippen molar-refractivity contribution in [2.24, 2.45) is 0 Å². The summed E-state index contributed by atoms with van der Waals surface area (Å²) >= 11 is 0. The summed E-state index contributed by atoms with van der Waals surface area (Å²) in [7, 11) is 0. The molecule has 4 nitrogen and oxygen atoms in total. The molecule has 0 aliphatic carbocycles. The molecule has 1 rings (SSSR count). The number of ketones is 1. The molecule has 0 spiro atoms. The van der Waals surface area contributed by atoms with E-state index in [0.29, 0.717) is 0 Å². The van der Waals surface area contributed by atoms with E-state index < -0.39 is 25.0 Å². The third-order valence-corrected chi connectivity index (χ3v) is 1.81. The first-order valence-corrected chi connectivity index (χ1v) is 4.71. The van der Waals surface area contributed by atoms with Gasteiger partial charge in [0, 0.05) is 6.92 Å². The van der Waals surface area contributed by atoms with Crippen LogP contribution in [0.1, 0.15) is 17.3 Å². The standard InChI is InChI=1S/C11H10F2O4/c1-7(14)16-6-9(15)8-4-2-3-5-10(8)17-11(12)13/h2-5,11H,6H2,1H3. The summed E-state index contributed by atoms with van der Waals surface area (Å²) < 4.78 is 32.8. The highest BCUT2D eigenvalue weighted by molar-refractivity contribution is 6.00. The Morgan fingerprint density at radius 3 is 2.53 bits per heavy atom. The quantitative estimate of drug-likeness (QED) is 0.587. The number of ether oxygens (including phenoxy) is 2. The first kappa shape index (κ1) is 13.1. The average molecular weight is 244 g/mol. The van der Waals surface area contributed by atoms with Crippen molar-refractivity contribution < 1.29 is 27.8 Å². The second kappa shape index (κ2) is 5.93. The highest BCUT2D eigenvalue weighted by Crippen LogP contribution is 2.20. The molecule has 0 fully saturated rings. The Kier molecular flexibility index (Phi) is 4.56. The molecule has 1 aromatic rings. The minimum Gasteiger partial charge on any atom is -0.457 e. The van der Waals surface area contributed by atoms with Gasteiger partial charge >= 0.3 is 12.6 Å². The van der Waals surface area contributed by atoms with Crippen LogP contribution in [-0.2, 0) is 9.53 Å². The van der Waals surface area contributed by atoms with Gasteiger partial charge < -0.3 is 9.47 Å². The predicted octanol–water partition coefficient (Wildman–Crippen LogP) is 2.03. The SMILES string of the molecule is CC(=O)OCC(=O)c1ccccc1OC(F)F. The maximum absolute atomic E-state index is 12.1. The number of carbonyl (C=O) groups excluding carboxylic acids is 2. The Morgan fingerprint density at radius 2 is 1.94 bits per heavy atom. The van der Waals surface area contributed by atoms with E-state index in [1.54, 1.807) is 0 Å². The van der Waals surface area contributed by atoms with Crippen molar-refractivity contribution in [2.75, 3.05) is 6.61 Å². The summed E-state index contributed by atoms with van der Waals surface area (Å²) in [6.07, 6.45) is 0. The number of esters is 1. The predicted molar refractivity (Wildman–Crippen MR) is 54.0 cm³/mol. The lowest BCUT2D eigenvalue weighted by Gasteiger charge is -2.09. The molecule has 0 aliphatic heterocycles. The van der Waals surface area contributed by atoms with Crippen molar-refractivity contribution in [1.82, 2.24) is 0 Å². The van der Waals surface area contributed by atoms with E-state index in [2.05, 4.69) is 9.47 Å². The summed E-state index contributed by atoms with van der Waals surface area (Å²) in [5.74, 6) is -1.46. The minimum atomic E-state index is -3.02. The molecule has 0 aromatic heterocycles. The van der Waals surface area contributed by atoms with Crippen molar-refractivity contribution in [1.29, 1.82) is 0 Å². The summed E-state index contributed by atoms with van der Waals surface area (Å²) in [5, 5.41) is 0. The molecule has 0 atom stereocenters. The maximum atomic E-state index is 12.1. The van der Waals surface area contributed by atoms with Crippen molar-refractivity contribution in [3.63, 3.8) is 0 Å². The van der Waals surface area contributed by atoms with Gasteiger partial charge in [-0.25, -0.2) is 0 Å². The Bertz CT molecular complexity index is 418. The number of para-hydroxylation sites is 1. The van der Waals surface area contributed by atoms with Crippen molar-refractivity contribution in [2.45, 2.75) is 13.5 Å². The van der Waals surface area contributed by atoms with Crippen molar-refractivity contribution in [3.8, 4) is 5.75 Å². The van der Waals surface area contributed by atoms with Crippen LogP contribution in [0.2, 0.25) is 0 Å². The zero-order valence-electron chi connectivity index (χ0n) is 8.98. The second-order valence-electron chi connectivity index (χ2n) is 3.08. The van der Waals surface area contributed by atoms with E-state index in [4.69, 9.17) is 0 Å². The van der Waals surface area contributed by atoms with Gasteiger partial charge in [0.1, 0.15) is 5.75 Å². The van der Waals surface area contributed by atoms with Crippen LogP contribution >= 0.6 is 0 Å². The molecule has 0 amide bonds. The lowest BCUT2D eigenvalue weighted by Crippen LogP contribution is -2.14. The maximum Gasteiger partial charge on any atom is 0.387 e. The third-order valence-electron chi connectivity index (χ3n) is 1.81. The molecule has 92 valence electrons. The fourth-order valence-corrected chi connectivity index (χ4v) is 1.14. The fourth-order valence-electron chi connectivity index (χ4n) is 1.14. The van der Waals surface area contributed by atoms with Crippen LogP contribution in [-0.4, -0.2) is 25.0 Å². The highest BCUT2D eigenvalue weighted by atomic mass is 19.3. The molecule has 0 N–H and O–H groups in total. The lowest BCUT2D eigenvalue weighted by atomic mass is 10.1. The number of benzene rings is 1. The van der Waals surface area contributed by atoms with Crippen LogP contribution in [0.3, 0.4) is 0 Å². The molecular formula is C11H10F2O4. The van der Waals surface area contributed by atoms with Gasteiger partial charge in [-0.15, -0.1) is 0 Å². The van der Waals surface area contributed by atoms with Crippen LogP contribution < -0.4 is 4.74 Å². The molecule has 0 radical (unpaired) electrons. The van der Waals surface area contributed by atoms with Gasteiger partial charge in [0.15, 0.2) is 6.61 Å². The van der Waals surface area contributed by atoms with E-state index in [9.17, 15) is 18.4 Å². The van der Waals surface area contributed by atoms with Gasteiger partial charge in [-0.1, -0.05) is 12.1 Å². The molecule has 0 saturated heterocycles. The molecular weight excluding hydrogens is 234 g/mol. The van der Waals surface area contributed by atoms with Crippen molar-refractivity contribution >= 4 is 11.8 Å². The smallest absolute Gasteiger partial charge is 0.387 e. The number of carbonyl (C=O) groups is 2. The fraction of sp³-hybridized carbons (Fsp3) is 0.273. The summed E-state index contributed by atoms with van der Waals surface area (Å²) in [6, 6.07) is 5.52. The number of halogens is 2. The summed E-state index contributed by atoms with van der Waals surface area (Å²) in [6.45, 7) is -2.37. The van der Waals surface area contributed by atoms with E-state index >= 15 is 0 Å². The van der Waals surface area contributed by atoms with Crippen LogP contribution in [0.25, 0.3) is 0 Å². The van der Waals surface area contributed by atoms with E-state index in [1.807, 2.05) is 0 Å². The average Bonchev–Trinajstić information content (AvgIpc) is 2.25. The largest absolute Gasteiger partial charge is 0.457 e. The number of rotatable bonds is 5. The van der Waals surface area contributed by atoms with Crippen LogP contribution in [0.15, 0.2) is 24.3 Å². The van der Waals surface area contributed by atoms with Crippen molar-refractivity contribution in [3.05, 3.63) is 29.8 Å². The van der Waals surface area contributed by atoms with Gasteiger partial charge in [0.25, 0.3) is 0 Å². The van der Waals surface area contributed by atoms with Crippen LogP contribution in [0, 0.1) is 0 Å².